The van der Waals surface area contributed by atoms with E-state index in [1.54, 1.807) is 37.5 Å². The lowest BCUT2D eigenvalue weighted by molar-refractivity contribution is 0.0701. The molecule has 23 heavy (non-hydrogen) atoms. The van der Waals surface area contributed by atoms with Gasteiger partial charge in [0.05, 0.1) is 11.4 Å². The maximum atomic E-state index is 12.4. The smallest absolute Gasteiger partial charge is 0.347 e. The highest BCUT2D eigenvalue weighted by molar-refractivity contribution is 7.18. The first-order chi connectivity index (χ1) is 11.0. The second kappa shape index (κ2) is 5.94. The zero-order valence-electron chi connectivity index (χ0n) is 11.9. The second-order valence-electron chi connectivity index (χ2n) is 4.68. The highest BCUT2D eigenvalue weighted by Gasteiger charge is 2.19. The van der Waals surface area contributed by atoms with Crippen molar-refractivity contribution in [3.63, 3.8) is 0 Å². The van der Waals surface area contributed by atoms with Gasteiger partial charge >= 0.3 is 5.97 Å². The zero-order valence-corrected chi connectivity index (χ0v) is 13.4. The molecule has 0 amide bonds. The lowest BCUT2D eigenvalue weighted by atomic mass is 10.2. The van der Waals surface area contributed by atoms with E-state index in [0.717, 1.165) is 16.9 Å². The first-order valence-electron chi connectivity index (χ1n) is 6.52. The van der Waals surface area contributed by atoms with Crippen LogP contribution in [0.2, 0.25) is 5.02 Å². The second-order valence-corrected chi connectivity index (χ2v) is 6.03. The van der Waals surface area contributed by atoms with Gasteiger partial charge in [-0.15, -0.1) is 0 Å². The molecule has 116 valence electrons. The average molecular weight is 348 g/mol. The molecule has 1 N–H and O–H groups in total. The van der Waals surface area contributed by atoms with Crippen molar-refractivity contribution in [2.45, 2.75) is 6.92 Å². The number of aromatic nitrogens is 3. The molecule has 8 heteroatoms. The number of thiazole rings is 1. The Hall–Kier alpha value is -2.51. The molecule has 0 aliphatic rings. The molecule has 3 aromatic rings. The Balaban J connectivity index is 2.16. The van der Waals surface area contributed by atoms with Crippen molar-refractivity contribution in [3.8, 4) is 0 Å². The molecule has 0 bridgehead atoms. The minimum absolute atomic E-state index is 0.0551. The Morgan fingerprint density at radius 1 is 1.43 bits per heavy atom. The number of nitrogens with zero attached hydrogens (tertiary/aromatic N) is 3. The monoisotopic (exact) mass is 347 g/mol. The third-order valence-electron chi connectivity index (χ3n) is 3.19. The van der Waals surface area contributed by atoms with E-state index < -0.39 is 11.5 Å². The van der Waals surface area contributed by atoms with Gasteiger partial charge in [0.1, 0.15) is 9.90 Å². The predicted molar refractivity (Wildman–Crippen MR) is 89.2 cm³/mol. The summed E-state index contributed by atoms with van der Waals surface area (Å²) in [6.45, 7) is 1.55. The van der Waals surface area contributed by atoms with Crippen LogP contribution in [0.25, 0.3) is 17.1 Å². The number of pyridine rings is 1. The maximum Gasteiger partial charge on any atom is 0.347 e. The number of carboxylic acid groups (broad SMARTS) is 1. The van der Waals surface area contributed by atoms with Gasteiger partial charge in [0.2, 0.25) is 0 Å². The van der Waals surface area contributed by atoms with Crippen LogP contribution in [0.15, 0.2) is 29.3 Å². The number of hydrogen-bond acceptors (Lipinski definition) is 5. The number of carbonyl (C=O) groups is 1. The van der Waals surface area contributed by atoms with Gasteiger partial charge in [0, 0.05) is 12.4 Å². The summed E-state index contributed by atoms with van der Waals surface area (Å²) >= 11 is 7.03. The fourth-order valence-electron chi connectivity index (χ4n) is 2.09. The molecular formula is C15H10ClN3O3S. The number of rotatable bonds is 3. The topological polar surface area (TPSA) is 84.6 Å². The van der Waals surface area contributed by atoms with Crippen molar-refractivity contribution in [2.75, 3.05) is 0 Å². The molecule has 0 atom stereocenters. The Morgan fingerprint density at radius 2 is 2.22 bits per heavy atom. The molecule has 3 heterocycles. The molecule has 0 fully saturated rings. The molecule has 3 rings (SSSR count). The van der Waals surface area contributed by atoms with Gasteiger partial charge in [0.25, 0.3) is 5.56 Å². The summed E-state index contributed by atoms with van der Waals surface area (Å²) in [5, 5.41) is 9.11. The van der Waals surface area contributed by atoms with Crippen molar-refractivity contribution < 1.29 is 9.90 Å². The molecule has 0 unspecified atom stereocenters. The van der Waals surface area contributed by atoms with E-state index in [4.69, 9.17) is 16.7 Å². The van der Waals surface area contributed by atoms with Gasteiger partial charge in [-0.2, -0.15) is 0 Å². The van der Waals surface area contributed by atoms with E-state index in [-0.39, 0.29) is 9.90 Å². The fourth-order valence-corrected chi connectivity index (χ4v) is 3.24. The molecule has 3 aromatic heterocycles. The fraction of sp³-hybridized carbons (Fsp3) is 0.0667. The van der Waals surface area contributed by atoms with E-state index in [1.807, 2.05) is 6.07 Å². The van der Waals surface area contributed by atoms with Crippen molar-refractivity contribution in [2.24, 2.45) is 0 Å². The van der Waals surface area contributed by atoms with Crippen LogP contribution in [-0.2, 0) is 0 Å². The molecule has 0 spiro atoms. The number of hydrogen-bond donors (Lipinski definition) is 1. The van der Waals surface area contributed by atoms with E-state index >= 15 is 0 Å². The Bertz CT molecular complexity index is 993. The van der Waals surface area contributed by atoms with Gasteiger partial charge in [-0.25, -0.2) is 9.78 Å². The lowest BCUT2D eigenvalue weighted by Gasteiger charge is -2.00. The van der Waals surface area contributed by atoms with Crippen LogP contribution in [0.4, 0.5) is 0 Å². The summed E-state index contributed by atoms with van der Waals surface area (Å²) in [6.07, 6.45) is 6.66. The summed E-state index contributed by atoms with van der Waals surface area (Å²) in [5.74, 6) is -1.10. The molecule has 0 aliphatic heterocycles. The van der Waals surface area contributed by atoms with Crippen LogP contribution < -0.4 is 5.56 Å². The largest absolute Gasteiger partial charge is 0.477 e. The highest BCUT2D eigenvalue weighted by Crippen LogP contribution is 2.23. The molecular weight excluding hydrogens is 338 g/mol. The Labute approximate surface area is 139 Å². The maximum absolute atomic E-state index is 12.4. The minimum Gasteiger partial charge on any atom is -0.477 e. The predicted octanol–water partition coefficient (Wildman–Crippen LogP) is 2.98. The van der Waals surface area contributed by atoms with Crippen LogP contribution in [0.1, 0.15) is 26.6 Å². The lowest BCUT2D eigenvalue weighted by Crippen LogP contribution is -2.17. The summed E-state index contributed by atoms with van der Waals surface area (Å²) in [6, 6.07) is 3.63. The number of carboxylic acids is 1. The molecule has 0 aromatic carbocycles. The van der Waals surface area contributed by atoms with Crippen molar-refractivity contribution in [1.82, 2.24) is 14.4 Å². The summed E-state index contributed by atoms with van der Waals surface area (Å²) in [5.41, 5.74) is 0.960. The molecule has 0 radical (unpaired) electrons. The molecule has 0 saturated heterocycles. The zero-order chi connectivity index (χ0) is 16.6. The van der Waals surface area contributed by atoms with Gasteiger partial charge in [0.15, 0.2) is 4.96 Å². The Morgan fingerprint density at radius 3 is 2.87 bits per heavy atom. The molecule has 0 aliphatic carbocycles. The normalized spacial score (nSPS) is 11.4. The van der Waals surface area contributed by atoms with Gasteiger partial charge in [-0.1, -0.05) is 35.1 Å². The minimum atomic E-state index is -1.10. The van der Waals surface area contributed by atoms with E-state index in [0.29, 0.717) is 16.3 Å². The number of aryl methyl sites for hydroxylation is 1. The summed E-state index contributed by atoms with van der Waals surface area (Å²) in [4.78, 5) is 32.2. The summed E-state index contributed by atoms with van der Waals surface area (Å²) < 4.78 is 1.22. The van der Waals surface area contributed by atoms with E-state index in [9.17, 15) is 9.59 Å². The quantitative estimate of drug-likeness (QED) is 0.787. The van der Waals surface area contributed by atoms with Crippen LogP contribution in [0.5, 0.6) is 0 Å². The van der Waals surface area contributed by atoms with Crippen LogP contribution in [-0.4, -0.2) is 25.4 Å². The third-order valence-corrected chi connectivity index (χ3v) is 4.68. The van der Waals surface area contributed by atoms with Gasteiger partial charge in [-0.3, -0.25) is 14.2 Å². The van der Waals surface area contributed by atoms with Crippen molar-refractivity contribution in [1.29, 1.82) is 0 Å². The third kappa shape index (κ3) is 2.76. The number of halogens is 1. The van der Waals surface area contributed by atoms with Crippen molar-refractivity contribution in [3.05, 3.63) is 61.7 Å². The Kier molecular flexibility index (Phi) is 3.97. The highest BCUT2D eigenvalue weighted by atomic mass is 35.5. The van der Waals surface area contributed by atoms with Crippen LogP contribution in [0, 0.1) is 6.92 Å². The molecule has 6 nitrogen and oxygen atoms in total. The van der Waals surface area contributed by atoms with Crippen LogP contribution in [0.3, 0.4) is 0 Å². The van der Waals surface area contributed by atoms with E-state index in [2.05, 4.69) is 9.97 Å². The average Bonchev–Trinajstić information content (AvgIpc) is 2.87. The van der Waals surface area contributed by atoms with Gasteiger partial charge < -0.3 is 5.11 Å². The standard InChI is InChI=1S/C15H10ClN3O3S/c1-8-12(14(21)22)23-15-18-10(11(16)13(20)19(8)15)5-4-9-3-2-6-17-7-9/h2-7H,1H3,(H,21,22)/b5-4+. The number of fused-ring (bicyclic) bond motifs is 1. The first kappa shape index (κ1) is 15.4. The summed E-state index contributed by atoms with van der Waals surface area (Å²) in [7, 11) is 0. The van der Waals surface area contributed by atoms with Gasteiger partial charge in [-0.05, 0) is 24.6 Å². The number of aromatic carboxylic acids is 1. The van der Waals surface area contributed by atoms with Crippen molar-refractivity contribution >= 4 is 46.0 Å². The van der Waals surface area contributed by atoms with E-state index in [1.165, 1.54) is 4.40 Å². The molecule has 0 saturated carbocycles. The SMILES string of the molecule is Cc1c(C(=O)O)sc2nc(/C=C/c3cccnc3)c(Cl)c(=O)n12. The first-order valence-corrected chi connectivity index (χ1v) is 7.71. The van der Waals surface area contributed by atoms with Crippen LogP contribution >= 0.6 is 22.9 Å².